The molecule has 0 bridgehead atoms. The molecule has 4 nitrogen and oxygen atoms in total. The summed E-state index contributed by atoms with van der Waals surface area (Å²) in [5.41, 5.74) is 0.735. The SMILES string of the molecule is CC(C)OC(=O)CSCC(=O)Nc1ccc(Br)cc1. The van der Waals surface area contributed by atoms with Crippen LogP contribution in [-0.4, -0.2) is 29.5 Å². The zero-order chi connectivity index (χ0) is 14.3. The minimum Gasteiger partial charge on any atom is -0.462 e. The normalized spacial score (nSPS) is 10.3. The molecule has 19 heavy (non-hydrogen) atoms. The van der Waals surface area contributed by atoms with E-state index in [1.807, 2.05) is 12.1 Å². The van der Waals surface area contributed by atoms with Gasteiger partial charge < -0.3 is 10.1 Å². The quantitative estimate of drug-likeness (QED) is 0.805. The van der Waals surface area contributed by atoms with E-state index in [1.54, 1.807) is 26.0 Å². The van der Waals surface area contributed by atoms with Crippen LogP contribution in [-0.2, 0) is 14.3 Å². The maximum Gasteiger partial charge on any atom is 0.316 e. The van der Waals surface area contributed by atoms with Gasteiger partial charge in [-0.05, 0) is 38.1 Å². The standard InChI is InChI=1S/C13H16BrNO3S/c1-9(2)18-13(17)8-19-7-12(16)15-11-5-3-10(14)4-6-11/h3-6,9H,7-8H2,1-2H3,(H,15,16). The number of benzene rings is 1. The van der Waals surface area contributed by atoms with E-state index in [0.717, 1.165) is 10.2 Å². The van der Waals surface area contributed by atoms with E-state index < -0.39 is 0 Å². The molecule has 0 atom stereocenters. The minimum absolute atomic E-state index is 0.121. The Morgan fingerprint density at radius 3 is 2.47 bits per heavy atom. The van der Waals surface area contributed by atoms with E-state index in [1.165, 1.54) is 11.8 Å². The van der Waals surface area contributed by atoms with Gasteiger partial charge in [0.1, 0.15) is 0 Å². The van der Waals surface area contributed by atoms with Crippen LogP contribution < -0.4 is 5.32 Å². The van der Waals surface area contributed by atoms with E-state index in [4.69, 9.17) is 4.74 Å². The summed E-state index contributed by atoms with van der Waals surface area (Å²) in [5, 5.41) is 2.75. The first-order valence-electron chi connectivity index (χ1n) is 5.80. The molecule has 6 heteroatoms. The van der Waals surface area contributed by atoms with Crippen LogP contribution in [0.4, 0.5) is 5.69 Å². The average molecular weight is 346 g/mol. The monoisotopic (exact) mass is 345 g/mol. The molecule has 1 aromatic carbocycles. The van der Waals surface area contributed by atoms with E-state index in [-0.39, 0.29) is 29.5 Å². The molecule has 0 unspecified atom stereocenters. The molecule has 0 saturated heterocycles. The number of nitrogens with one attached hydrogen (secondary N) is 1. The van der Waals surface area contributed by atoms with Crippen molar-refractivity contribution in [1.29, 1.82) is 0 Å². The lowest BCUT2D eigenvalue weighted by Gasteiger charge is -2.08. The van der Waals surface area contributed by atoms with Gasteiger partial charge in [0.2, 0.25) is 5.91 Å². The zero-order valence-corrected chi connectivity index (χ0v) is 13.2. The van der Waals surface area contributed by atoms with Gasteiger partial charge in [0.15, 0.2) is 0 Å². The fraction of sp³-hybridized carbons (Fsp3) is 0.385. The van der Waals surface area contributed by atoms with Gasteiger partial charge in [0, 0.05) is 10.2 Å². The van der Waals surface area contributed by atoms with E-state index in [0.29, 0.717) is 0 Å². The van der Waals surface area contributed by atoms with E-state index in [9.17, 15) is 9.59 Å². The van der Waals surface area contributed by atoms with Crippen LogP contribution in [0.3, 0.4) is 0 Å². The lowest BCUT2D eigenvalue weighted by molar-refractivity contribution is -0.144. The number of ether oxygens (including phenoxy) is 1. The molecule has 1 N–H and O–H groups in total. The maximum absolute atomic E-state index is 11.6. The summed E-state index contributed by atoms with van der Waals surface area (Å²) in [7, 11) is 0. The lowest BCUT2D eigenvalue weighted by Crippen LogP contribution is -2.17. The third-order valence-electron chi connectivity index (χ3n) is 1.95. The predicted molar refractivity (Wildman–Crippen MR) is 81.3 cm³/mol. The van der Waals surface area contributed by atoms with Gasteiger partial charge in [-0.1, -0.05) is 15.9 Å². The molecule has 1 rings (SSSR count). The van der Waals surface area contributed by atoms with Gasteiger partial charge in [-0.25, -0.2) is 0 Å². The second-order valence-electron chi connectivity index (χ2n) is 4.09. The number of carbonyl (C=O) groups excluding carboxylic acids is 2. The summed E-state index contributed by atoms with van der Waals surface area (Å²) >= 11 is 4.56. The molecule has 104 valence electrons. The molecule has 0 spiro atoms. The second kappa shape index (κ2) is 8.22. The van der Waals surface area contributed by atoms with E-state index in [2.05, 4.69) is 21.2 Å². The molecule has 1 aromatic rings. The van der Waals surface area contributed by atoms with Crippen molar-refractivity contribution in [2.24, 2.45) is 0 Å². The minimum atomic E-state index is -0.295. The highest BCUT2D eigenvalue weighted by molar-refractivity contribution is 9.10. The van der Waals surface area contributed by atoms with Crippen molar-refractivity contribution in [3.05, 3.63) is 28.7 Å². The Morgan fingerprint density at radius 1 is 1.26 bits per heavy atom. The smallest absolute Gasteiger partial charge is 0.316 e. The number of amides is 1. The molecule has 0 aliphatic heterocycles. The summed E-state index contributed by atoms with van der Waals surface area (Å²) in [6.07, 6.45) is -0.121. The third-order valence-corrected chi connectivity index (χ3v) is 3.38. The van der Waals surface area contributed by atoms with Crippen molar-refractivity contribution < 1.29 is 14.3 Å². The van der Waals surface area contributed by atoms with Crippen molar-refractivity contribution in [3.8, 4) is 0 Å². The Hall–Kier alpha value is -1.01. The largest absolute Gasteiger partial charge is 0.462 e. The van der Waals surface area contributed by atoms with Gasteiger partial charge in [-0.15, -0.1) is 11.8 Å². The molecular weight excluding hydrogens is 330 g/mol. The van der Waals surface area contributed by atoms with E-state index >= 15 is 0 Å². The topological polar surface area (TPSA) is 55.4 Å². The predicted octanol–water partition coefficient (Wildman–Crippen LogP) is 3.07. The maximum atomic E-state index is 11.6. The van der Waals surface area contributed by atoms with Crippen molar-refractivity contribution in [1.82, 2.24) is 0 Å². The number of carbonyl (C=O) groups is 2. The zero-order valence-electron chi connectivity index (χ0n) is 10.8. The molecule has 0 aliphatic carbocycles. The second-order valence-corrected chi connectivity index (χ2v) is 5.99. The molecule has 0 aliphatic rings. The van der Waals surface area contributed by atoms with Crippen molar-refractivity contribution >= 4 is 45.3 Å². The van der Waals surface area contributed by atoms with Crippen LogP contribution in [0.15, 0.2) is 28.7 Å². The number of halogens is 1. The summed E-state index contributed by atoms with van der Waals surface area (Å²) in [6.45, 7) is 3.59. The highest BCUT2D eigenvalue weighted by Gasteiger charge is 2.08. The molecule has 0 radical (unpaired) electrons. The Morgan fingerprint density at radius 2 is 1.89 bits per heavy atom. The number of anilines is 1. The Labute approximate surface area is 125 Å². The highest BCUT2D eigenvalue weighted by Crippen LogP contribution is 2.14. The molecule has 0 saturated carbocycles. The molecular formula is C13H16BrNO3S. The van der Waals surface area contributed by atoms with Crippen molar-refractivity contribution in [2.45, 2.75) is 20.0 Å². The number of esters is 1. The first kappa shape index (κ1) is 16.0. The summed E-state index contributed by atoms with van der Waals surface area (Å²) in [5.74, 6) is -0.0176. The molecule has 0 fully saturated rings. The average Bonchev–Trinajstić information content (AvgIpc) is 2.31. The van der Waals surface area contributed by atoms with Crippen LogP contribution in [0.25, 0.3) is 0 Å². The number of rotatable bonds is 6. The summed E-state index contributed by atoms with van der Waals surface area (Å²) in [6, 6.07) is 7.31. The molecule has 0 heterocycles. The number of hydrogen-bond donors (Lipinski definition) is 1. The fourth-order valence-corrected chi connectivity index (χ4v) is 2.11. The Bertz CT molecular complexity index is 434. The van der Waals surface area contributed by atoms with Crippen molar-refractivity contribution in [2.75, 3.05) is 16.8 Å². The lowest BCUT2D eigenvalue weighted by atomic mass is 10.3. The number of hydrogen-bond acceptors (Lipinski definition) is 4. The number of thioether (sulfide) groups is 1. The third kappa shape index (κ3) is 7.22. The van der Waals surface area contributed by atoms with Gasteiger partial charge in [0.25, 0.3) is 0 Å². The molecule has 0 aromatic heterocycles. The fourth-order valence-electron chi connectivity index (χ4n) is 1.25. The highest BCUT2D eigenvalue weighted by atomic mass is 79.9. The van der Waals surface area contributed by atoms with Crippen LogP contribution in [0.5, 0.6) is 0 Å². The van der Waals surface area contributed by atoms with Crippen LogP contribution in [0, 0.1) is 0 Å². The van der Waals surface area contributed by atoms with Gasteiger partial charge in [-0.2, -0.15) is 0 Å². The Kier molecular flexibility index (Phi) is 6.94. The van der Waals surface area contributed by atoms with Gasteiger partial charge in [-0.3, -0.25) is 9.59 Å². The molecule has 1 amide bonds. The first-order chi connectivity index (χ1) is 8.97. The van der Waals surface area contributed by atoms with Crippen LogP contribution in [0.1, 0.15) is 13.8 Å². The summed E-state index contributed by atoms with van der Waals surface area (Å²) < 4.78 is 5.92. The van der Waals surface area contributed by atoms with Crippen molar-refractivity contribution in [3.63, 3.8) is 0 Å². The van der Waals surface area contributed by atoms with Crippen LogP contribution >= 0.6 is 27.7 Å². The summed E-state index contributed by atoms with van der Waals surface area (Å²) in [4.78, 5) is 22.9. The van der Waals surface area contributed by atoms with Crippen LogP contribution in [0.2, 0.25) is 0 Å². The van der Waals surface area contributed by atoms with Gasteiger partial charge in [0.05, 0.1) is 17.6 Å². The Balaban J connectivity index is 2.25. The van der Waals surface area contributed by atoms with Gasteiger partial charge >= 0.3 is 5.97 Å². The first-order valence-corrected chi connectivity index (χ1v) is 7.75.